The van der Waals surface area contributed by atoms with Gasteiger partial charge in [-0.1, -0.05) is 39.8 Å². The van der Waals surface area contributed by atoms with Gasteiger partial charge in [0.05, 0.1) is 0 Å². The first-order chi connectivity index (χ1) is 24.7. The number of hydrogen-bond acceptors (Lipinski definition) is 6. The molecular weight excluding hydrogens is 624 g/mol. The number of nitrogens with two attached hydrogens (primary N) is 1. The molecule has 2 atom stereocenters. The van der Waals surface area contributed by atoms with Gasteiger partial charge in [-0.3, -0.25) is 9.51 Å². The van der Waals surface area contributed by atoms with Crippen LogP contribution in [0.25, 0.3) is 0 Å². The maximum atomic E-state index is 11.3. The predicted molar refractivity (Wildman–Crippen MR) is 212 cm³/mol. The number of halogens is 1. The van der Waals surface area contributed by atoms with E-state index in [1.807, 2.05) is 19.9 Å². The molecule has 2 aliphatic heterocycles. The molecule has 1 amide bonds. The van der Waals surface area contributed by atoms with E-state index in [9.17, 15) is 4.79 Å². The normalized spacial score (nSPS) is 21.7. The van der Waals surface area contributed by atoms with E-state index in [1.54, 1.807) is 6.92 Å². The van der Waals surface area contributed by atoms with Crippen LogP contribution in [-0.4, -0.2) is 105 Å². The summed E-state index contributed by atoms with van der Waals surface area (Å²) in [4.78, 5) is 21.7. The highest BCUT2D eigenvalue weighted by Gasteiger charge is 2.28. The monoisotopic (exact) mass is 697 g/mol. The van der Waals surface area contributed by atoms with Crippen LogP contribution in [0.2, 0.25) is 0 Å². The minimum atomic E-state index is 0.00441. The van der Waals surface area contributed by atoms with Crippen LogP contribution in [0, 0.1) is 11.8 Å². The Morgan fingerprint density at radius 3 is 1.64 bits per heavy atom. The average molecular weight is 697 g/mol. The Hall–Kier alpha value is -2.52. The Labute approximate surface area is 306 Å². The van der Waals surface area contributed by atoms with Gasteiger partial charge in [0.25, 0.3) is 1.45 Å². The highest BCUT2D eigenvalue weighted by molar-refractivity contribution is 5.88. The zero-order valence-electron chi connectivity index (χ0n) is 33.7. The summed E-state index contributed by atoms with van der Waals surface area (Å²) in [7, 11) is 4.48. The second kappa shape index (κ2) is 21.1. The maximum Gasteiger partial charge on any atom is 0.269 e. The van der Waals surface area contributed by atoms with E-state index in [1.165, 1.54) is 119 Å². The molecule has 2 saturated heterocycles. The van der Waals surface area contributed by atoms with Gasteiger partial charge in [0.15, 0.2) is 0 Å². The lowest BCUT2D eigenvalue weighted by Gasteiger charge is -2.38. The minimum Gasteiger partial charge on any atom is -0.399 e. The van der Waals surface area contributed by atoms with E-state index in [0.717, 1.165) is 42.6 Å². The lowest BCUT2D eigenvalue weighted by atomic mass is 9.86. The van der Waals surface area contributed by atoms with Crippen molar-refractivity contribution in [3.05, 3.63) is 58.7 Å². The zero-order valence-corrected chi connectivity index (χ0v) is 32.7. The molecule has 50 heavy (non-hydrogen) atoms. The van der Waals surface area contributed by atoms with Crippen molar-refractivity contribution in [1.29, 1.82) is 1.45 Å². The minimum absolute atomic E-state index is 0.00441. The standard InChI is InChI=1S/C21H33N3O.C19H31N3.C2H6.FH/c1-4-24(15-17-9-11-23(3)12-10-17)21-8-6-18-5-7-20(22-16(2)25)13-19(18)14-21;1-3-22(14-15-8-10-21(2)11-9-15)19-7-5-16-4-6-18(20)12-17(16)13-19;1-2;/h5,7,13,17,21H,4,6,8-12,14-15H2,1-3H3,(H,22,25);4,6,12,15,19H,3,5,7-11,13-14,20H2,1-2H3;1-2H3;1H/i/hT. The van der Waals surface area contributed by atoms with Crippen molar-refractivity contribution in [2.75, 3.05) is 77.5 Å². The van der Waals surface area contributed by atoms with Crippen LogP contribution in [0.4, 0.5) is 16.1 Å². The Kier molecular flexibility index (Phi) is 17.0. The highest BCUT2D eigenvalue weighted by atomic mass is 19.0. The second-order valence-corrected chi connectivity index (χ2v) is 15.2. The third-order valence-corrected chi connectivity index (χ3v) is 11.7. The summed E-state index contributed by atoms with van der Waals surface area (Å²) in [6, 6.07) is 14.3. The molecular formula is C42H71FN6O. The summed E-state index contributed by atoms with van der Waals surface area (Å²) in [6.45, 7) is 20.1. The van der Waals surface area contributed by atoms with Crippen molar-refractivity contribution in [1.82, 2.24) is 19.6 Å². The van der Waals surface area contributed by atoms with Gasteiger partial charge in [-0.2, -0.15) is 0 Å². The van der Waals surface area contributed by atoms with Crippen molar-refractivity contribution in [3.63, 3.8) is 0 Å². The van der Waals surface area contributed by atoms with Gasteiger partial charge >= 0.3 is 0 Å². The number of carbonyl (C=O) groups excluding carboxylic acids is 1. The molecule has 0 bridgehead atoms. The molecule has 2 heterocycles. The van der Waals surface area contributed by atoms with Crippen molar-refractivity contribution in [3.8, 4) is 0 Å². The summed E-state index contributed by atoms with van der Waals surface area (Å²) in [5.74, 6) is 1.74. The van der Waals surface area contributed by atoms with Crippen molar-refractivity contribution < 1.29 is 9.51 Å². The molecule has 2 unspecified atom stereocenters. The average Bonchev–Trinajstić information content (AvgIpc) is 3.15. The van der Waals surface area contributed by atoms with E-state index < -0.39 is 0 Å². The quantitative estimate of drug-likeness (QED) is 0.272. The fourth-order valence-corrected chi connectivity index (χ4v) is 8.63. The number of nitrogens with one attached hydrogen (secondary N) is 1. The van der Waals surface area contributed by atoms with Gasteiger partial charge in [-0.15, -0.1) is 0 Å². The molecule has 0 radical (unpaired) electrons. The van der Waals surface area contributed by atoms with Gasteiger partial charge in [0.2, 0.25) is 5.91 Å². The van der Waals surface area contributed by atoms with Gasteiger partial charge in [-0.05, 0) is 176 Å². The van der Waals surface area contributed by atoms with Gasteiger partial charge in [-0.25, -0.2) is 0 Å². The Morgan fingerprint density at radius 2 is 1.20 bits per heavy atom. The van der Waals surface area contributed by atoms with E-state index >= 15 is 0 Å². The first kappa shape index (κ1) is 40.3. The molecule has 7 nitrogen and oxygen atoms in total. The summed E-state index contributed by atoms with van der Waals surface area (Å²) < 4.78 is 13.0. The number of anilines is 2. The van der Waals surface area contributed by atoms with Crippen LogP contribution in [0.3, 0.4) is 0 Å². The van der Waals surface area contributed by atoms with Crippen LogP contribution in [0.1, 0.15) is 95.4 Å². The Bertz CT molecular complexity index is 1300. The number of nitrogen functional groups attached to an aromatic ring is 1. The number of rotatable bonds is 9. The fraction of sp³-hybridized carbons (Fsp3) is 0.690. The molecule has 0 spiro atoms. The molecule has 282 valence electrons. The topological polar surface area (TPSA) is 68.1 Å². The molecule has 2 aromatic rings. The number of amides is 1. The smallest absolute Gasteiger partial charge is 0.269 e. The molecule has 2 aromatic carbocycles. The fourth-order valence-electron chi connectivity index (χ4n) is 8.63. The summed E-state index contributed by atoms with van der Waals surface area (Å²) in [6.07, 6.45) is 12.6. The van der Waals surface area contributed by atoms with Crippen LogP contribution in [0.5, 0.6) is 0 Å². The van der Waals surface area contributed by atoms with Crippen LogP contribution >= 0.6 is 0 Å². The van der Waals surface area contributed by atoms with Gasteiger partial charge in [0.1, 0.15) is 0 Å². The Balaban J connectivity index is 0.000000253. The van der Waals surface area contributed by atoms with Crippen LogP contribution < -0.4 is 11.1 Å². The van der Waals surface area contributed by atoms with Crippen molar-refractivity contribution in [2.45, 2.75) is 111 Å². The SMILES string of the molecule is CC.CCN(CC1CCN(C)CC1)C1CCc2ccc(N)cc2C1.CCN(CC1CCN(C)CC1)C1CCc2ccc(NC(C)=O)cc2C1.[3H]F. The number of fused-ring (bicyclic) bond motifs is 2. The van der Waals surface area contributed by atoms with E-state index in [2.05, 4.69) is 84.6 Å². The lowest BCUT2D eigenvalue weighted by Crippen LogP contribution is -2.44. The molecule has 3 N–H and O–H groups in total. The molecule has 2 fully saturated rings. The summed E-state index contributed by atoms with van der Waals surface area (Å²) >= 11 is 0. The summed E-state index contributed by atoms with van der Waals surface area (Å²) in [5, 5.41) is 2.93. The number of benzene rings is 2. The van der Waals surface area contributed by atoms with Crippen LogP contribution in [-0.2, 0) is 30.5 Å². The number of carbonyl (C=O) groups is 1. The number of likely N-dealkylation sites (tertiary alicyclic amines) is 2. The number of likely N-dealkylation sites (N-methyl/N-ethyl adjacent to an activating group) is 2. The van der Waals surface area contributed by atoms with E-state index in [4.69, 9.17) is 10.5 Å². The summed E-state index contributed by atoms with van der Waals surface area (Å²) in [5.41, 5.74) is 13.7. The van der Waals surface area contributed by atoms with Gasteiger partial charge < -0.3 is 30.7 Å². The second-order valence-electron chi connectivity index (χ2n) is 15.2. The zero-order chi connectivity index (χ0) is 37.3. The number of hydrogen-bond donors (Lipinski definition) is 2. The van der Waals surface area contributed by atoms with Gasteiger partial charge in [0, 0.05) is 43.5 Å². The molecule has 8 heteroatoms. The third-order valence-electron chi connectivity index (χ3n) is 11.7. The molecule has 6 rings (SSSR count). The lowest BCUT2D eigenvalue weighted by molar-refractivity contribution is -0.114. The third kappa shape index (κ3) is 12.3. The highest BCUT2D eigenvalue weighted by Crippen LogP contribution is 2.30. The van der Waals surface area contributed by atoms with Crippen molar-refractivity contribution in [2.24, 2.45) is 11.8 Å². The molecule has 4 aliphatic rings. The maximum absolute atomic E-state index is 11.3. The molecule has 0 saturated carbocycles. The van der Waals surface area contributed by atoms with Crippen LogP contribution in [0.15, 0.2) is 36.4 Å². The largest absolute Gasteiger partial charge is 0.399 e. The molecule has 2 aliphatic carbocycles. The van der Waals surface area contributed by atoms with Crippen molar-refractivity contribution >= 4 is 17.3 Å². The predicted octanol–water partition coefficient (Wildman–Crippen LogP) is 7.13. The van der Waals surface area contributed by atoms with E-state index in [-0.39, 0.29) is 5.91 Å². The number of aryl methyl sites for hydroxylation is 2. The number of piperidine rings is 2. The first-order valence-corrected chi connectivity index (χ1v) is 19.8. The first-order valence-electron chi connectivity index (χ1n) is 20.2. The molecule has 0 aromatic heterocycles. The Morgan fingerprint density at radius 1 is 0.760 bits per heavy atom. The number of nitrogens with zero attached hydrogens (tertiary/aromatic N) is 4. The van der Waals surface area contributed by atoms with E-state index in [0.29, 0.717) is 12.1 Å².